The van der Waals surface area contributed by atoms with Crippen molar-refractivity contribution < 1.29 is 0 Å². The van der Waals surface area contributed by atoms with Gasteiger partial charge in [-0.2, -0.15) is 15.0 Å². The first-order valence-electron chi connectivity index (χ1n) is 3.45. The Balaban J connectivity index is 3.14. The van der Waals surface area contributed by atoms with Crippen molar-refractivity contribution in [2.45, 2.75) is 0 Å². The Labute approximate surface area is 71.0 Å². The molecular formula is C7H11N5. The first-order chi connectivity index (χ1) is 5.63. The molecule has 0 spiro atoms. The van der Waals surface area contributed by atoms with Gasteiger partial charge in [-0.3, -0.25) is 0 Å². The minimum Gasteiger partial charge on any atom is -0.368 e. The normalized spacial score (nSPS) is 9.50. The van der Waals surface area contributed by atoms with E-state index in [2.05, 4.69) is 21.5 Å². The highest BCUT2D eigenvalue weighted by atomic mass is 15.3. The van der Waals surface area contributed by atoms with Crippen molar-refractivity contribution in [3.8, 4) is 0 Å². The number of hydrogen-bond donors (Lipinski definition) is 1. The summed E-state index contributed by atoms with van der Waals surface area (Å²) in [7, 11) is 3.67. The first-order valence-corrected chi connectivity index (χ1v) is 3.45. The molecule has 12 heavy (non-hydrogen) atoms. The molecule has 0 amide bonds. The van der Waals surface area contributed by atoms with E-state index in [-0.39, 0.29) is 5.95 Å². The molecule has 5 heteroatoms. The van der Waals surface area contributed by atoms with E-state index in [0.29, 0.717) is 11.8 Å². The molecule has 0 unspecified atom stereocenters. The summed E-state index contributed by atoms with van der Waals surface area (Å²) in [6, 6.07) is 0. The molecule has 5 nitrogen and oxygen atoms in total. The lowest BCUT2D eigenvalue weighted by Gasteiger charge is -2.09. The minimum atomic E-state index is 0.212. The Kier molecular flexibility index (Phi) is 2.23. The highest BCUT2D eigenvalue weighted by Crippen LogP contribution is 2.05. The van der Waals surface area contributed by atoms with E-state index in [1.165, 1.54) is 6.08 Å². The maximum Gasteiger partial charge on any atom is 0.230 e. The van der Waals surface area contributed by atoms with Crippen LogP contribution >= 0.6 is 0 Å². The molecule has 1 aromatic rings. The Bertz CT molecular complexity index is 294. The lowest BCUT2D eigenvalue weighted by Crippen LogP contribution is -2.15. The molecule has 0 saturated carbocycles. The molecule has 0 aliphatic heterocycles. The summed E-state index contributed by atoms with van der Waals surface area (Å²) < 4.78 is 0. The number of aromatic nitrogens is 3. The molecule has 0 radical (unpaired) electrons. The van der Waals surface area contributed by atoms with Crippen LogP contribution < -0.4 is 10.6 Å². The third-order valence-electron chi connectivity index (χ3n) is 1.24. The summed E-state index contributed by atoms with van der Waals surface area (Å²) in [6.45, 7) is 3.55. The number of rotatable bonds is 2. The second-order valence-corrected chi connectivity index (χ2v) is 2.45. The van der Waals surface area contributed by atoms with Crippen LogP contribution in [0, 0.1) is 0 Å². The molecule has 0 fully saturated rings. The van der Waals surface area contributed by atoms with Gasteiger partial charge >= 0.3 is 0 Å². The van der Waals surface area contributed by atoms with Crippen LogP contribution in [0.5, 0.6) is 0 Å². The zero-order valence-electron chi connectivity index (χ0n) is 7.15. The Hall–Kier alpha value is -1.65. The van der Waals surface area contributed by atoms with Gasteiger partial charge in [-0.15, -0.1) is 0 Å². The van der Waals surface area contributed by atoms with E-state index in [9.17, 15) is 0 Å². The van der Waals surface area contributed by atoms with Crippen molar-refractivity contribution in [3.05, 3.63) is 12.4 Å². The van der Waals surface area contributed by atoms with Crippen LogP contribution in [0.15, 0.2) is 6.58 Å². The fraction of sp³-hybridized carbons (Fsp3) is 0.286. The van der Waals surface area contributed by atoms with Crippen molar-refractivity contribution in [1.82, 2.24) is 15.0 Å². The zero-order valence-corrected chi connectivity index (χ0v) is 7.15. The van der Waals surface area contributed by atoms with Crippen molar-refractivity contribution >= 4 is 18.0 Å². The van der Waals surface area contributed by atoms with Gasteiger partial charge in [0.15, 0.2) is 5.82 Å². The van der Waals surface area contributed by atoms with Gasteiger partial charge in [0.2, 0.25) is 11.9 Å². The predicted molar refractivity (Wildman–Crippen MR) is 48.7 cm³/mol. The van der Waals surface area contributed by atoms with Gasteiger partial charge in [-0.1, -0.05) is 6.58 Å². The largest absolute Gasteiger partial charge is 0.368 e. The minimum absolute atomic E-state index is 0.212. The molecule has 1 rings (SSSR count). The number of nitrogens with two attached hydrogens (primary N) is 1. The molecule has 0 atom stereocenters. The lowest BCUT2D eigenvalue weighted by molar-refractivity contribution is 0.955. The third kappa shape index (κ3) is 1.69. The van der Waals surface area contributed by atoms with Crippen molar-refractivity contribution in [2.75, 3.05) is 24.7 Å². The molecule has 64 valence electrons. The van der Waals surface area contributed by atoms with E-state index in [1.807, 2.05) is 14.1 Å². The third-order valence-corrected chi connectivity index (χ3v) is 1.24. The maximum atomic E-state index is 5.44. The molecule has 1 aromatic heterocycles. The van der Waals surface area contributed by atoms with Crippen LogP contribution in [-0.4, -0.2) is 29.0 Å². The number of nitrogen functional groups attached to an aromatic ring is 1. The number of nitrogens with zero attached hydrogens (tertiary/aromatic N) is 4. The fourth-order valence-electron chi connectivity index (χ4n) is 0.689. The van der Waals surface area contributed by atoms with E-state index in [1.54, 1.807) is 4.90 Å². The number of hydrogen-bond acceptors (Lipinski definition) is 5. The highest BCUT2D eigenvalue weighted by Gasteiger charge is 2.02. The van der Waals surface area contributed by atoms with Crippen LogP contribution in [0.2, 0.25) is 0 Å². The molecule has 0 aliphatic rings. The van der Waals surface area contributed by atoms with E-state index in [0.717, 1.165) is 0 Å². The quantitative estimate of drug-likeness (QED) is 0.676. The van der Waals surface area contributed by atoms with Crippen LogP contribution in [0.25, 0.3) is 6.08 Å². The lowest BCUT2D eigenvalue weighted by atomic mass is 10.6. The zero-order chi connectivity index (χ0) is 9.14. The predicted octanol–water partition coefficient (Wildman–Crippen LogP) is 0.163. The molecule has 0 aromatic carbocycles. The molecule has 0 saturated heterocycles. The topological polar surface area (TPSA) is 67.9 Å². The Morgan fingerprint density at radius 2 is 2.00 bits per heavy atom. The second-order valence-electron chi connectivity index (χ2n) is 2.45. The summed E-state index contributed by atoms with van der Waals surface area (Å²) >= 11 is 0. The van der Waals surface area contributed by atoms with Crippen molar-refractivity contribution in [3.63, 3.8) is 0 Å². The molecular weight excluding hydrogens is 154 g/mol. The molecule has 0 bridgehead atoms. The van der Waals surface area contributed by atoms with Crippen molar-refractivity contribution in [1.29, 1.82) is 0 Å². The van der Waals surface area contributed by atoms with Gasteiger partial charge in [0.05, 0.1) is 0 Å². The van der Waals surface area contributed by atoms with E-state index >= 15 is 0 Å². The van der Waals surface area contributed by atoms with E-state index in [4.69, 9.17) is 5.73 Å². The first kappa shape index (κ1) is 8.45. The Morgan fingerprint density at radius 1 is 1.33 bits per heavy atom. The van der Waals surface area contributed by atoms with Gasteiger partial charge in [-0.25, -0.2) is 0 Å². The molecule has 1 heterocycles. The fourth-order valence-corrected chi connectivity index (χ4v) is 0.689. The second kappa shape index (κ2) is 3.17. The smallest absolute Gasteiger partial charge is 0.230 e. The molecule has 2 N–H and O–H groups in total. The van der Waals surface area contributed by atoms with E-state index < -0.39 is 0 Å². The van der Waals surface area contributed by atoms with Crippen molar-refractivity contribution in [2.24, 2.45) is 0 Å². The highest BCUT2D eigenvalue weighted by molar-refractivity contribution is 5.43. The summed E-state index contributed by atoms with van der Waals surface area (Å²) in [5.74, 6) is 1.24. The monoisotopic (exact) mass is 165 g/mol. The number of anilines is 2. The molecule has 0 aliphatic carbocycles. The van der Waals surface area contributed by atoms with Gasteiger partial charge < -0.3 is 10.6 Å². The standard InChI is InChI=1S/C7H11N5/c1-4-5-9-6(8)11-7(10-5)12(2)3/h4H,1H2,2-3H3,(H2,8,9,10,11). The summed E-state index contributed by atoms with van der Waals surface area (Å²) in [4.78, 5) is 13.6. The van der Waals surface area contributed by atoms with Crippen LogP contribution in [0.4, 0.5) is 11.9 Å². The van der Waals surface area contributed by atoms with Gasteiger partial charge in [-0.05, 0) is 6.08 Å². The summed E-state index contributed by atoms with van der Waals surface area (Å²) in [6.07, 6.45) is 1.53. The van der Waals surface area contributed by atoms with Gasteiger partial charge in [0.1, 0.15) is 0 Å². The van der Waals surface area contributed by atoms with Gasteiger partial charge in [0, 0.05) is 14.1 Å². The Morgan fingerprint density at radius 3 is 2.50 bits per heavy atom. The summed E-state index contributed by atoms with van der Waals surface area (Å²) in [5, 5.41) is 0. The summed E-state index contributed by atoms with van der Waals surface area (Å²) in [5.41, 5.74) is 5.44. The van der Waals surface area contributed by atoms with Gasteiger partial charge in [0.25, 0.3) is 0 Å². The van der Waals surface area contributed by atoms with Crippen LogP contribution in [0.3, 0.4) is 0 Å². The van der Waals surface area contributed by atoms with Crippen LogP contribution in [0.1, 0.15) is 5.82 Å². The average molecular weight is 165 g/mol. The SMILES string of the molecule is C=Cc1nc(N)nc(N(C)C)n1. The maximum absolute atomic E-state index is 5.44. The average Bonchev–Trinajstić information content (AvgIpc) is 2.03. The van der Waals surface area contributed by atoms with Crippen LogP contribution in [-0.2, 0) is 0 Å².